The number of carbonyl (C=O) groups is 4. The van der Waals surface area contributed by atoms with Gasteiger partial charge in [-0.2, -0.15) is 0 Å². The molecule has 9 heteroatoms. The molecule has 2 rings (SSSR count). The molecule has 21 heavy (non-hydrogen) atoms. The van der Waals surface area contributed by atoms with E-state index < -0.39 is 23.9 Å². The summed E-state index contributed by atoms with van der Waals surface area (Å²) >= 11 is 0. The molecule has 0 aromatic rings. The maximum Gasteiger partial charge on any atom is 0.328 e. The van der Waals surface area contributed by atoms with Crippen molar-refractivity contribution in [3.8, 4) is 0 Å². The Morgan fingerprint density at radius 3 is 2.71 bits per heavy atom. The Labute approximate surface area is 121 Å². The first-order chi connectivity index (χ1) is 9.88. The molecule has 9 nitrogen and oxygen atoms in total. The van der Waals surface area contributed by atoms with Gasteiger partial charge < -0.3 is 20.6 Å². The zero-order chi connectivity index (χ0) is 15.6. The molecule has 2 saturated heterocycles. The van der Waals surface area contributed by atoms with Gasteiger partial charge in [0.2, 0.25) is 11.8 Å². The summed E-state index contributed by atoms with van der Waals surface area (Å²) in [5.74, 6) is -1.54. The molecule has 0 aromatic heterocycles. The standard InChI is InChI=1S/C12H18N4O5/c1-15-5-7(2-3-10(15)18)14-12(21)16-6-9(17)13-4-8(16)11(19)20/h7-8H,2-6H2,1H3,(H,13,17)(H,14,21)(H,19,20). The fourth-order valence-corrected chi connectivity index (χ4v) is 2.46. The van der Waals surface area contributed by atoms with Crippen molar-refractivity contribution in [3.63, 3.8) is 0 Å². The lowest BCUT2D eigenvalue weighted by molar-refractivity contribution is -0.144. The number of piperazine rings is 1. The van der Waals surface area contributed by atoms with Gasteiger partial charge in [-0.05, 0) is 6.42 Å². The third-order valence-corrected chi connectivity index (χ3v) is 3.68. The largest absolute Gasteiger partial charge is 0.480 e. The van der Waals surface area contributed by atoms with Crippen LogP contribution in [0.1, 0.15) is 12.8 Å². The number of carboxylic acids is 1. The van der Waals surface area contributed by atoms with Gasteiger partial charge in [0.15, 0.2) is 0 Å². The first-order valence-corrected chi connectivity index (χ1v) is 6.69. The minimum Gasteiger partial charge on any atom is -0.480 e. The van der Waals surface area contributed by atoms with Gasteiger partial charge in [0.1, 0.15) is 12.6 Å². The average molecular weight is 298 g/mol. The minimum absolute atomic E-state index is 0.0151. The van der Waals surface area contributed by atoms with Gasteiger partial charge in [0, 0.05) is 32.6 Å². The topological polar surface area (TPSA) is 119 Å². The van der Waals surface area contributed by atoms with Crippen LogP contribution in [0.4, 0.5) is 4.79 Å². The molecule has 0 bridgehead atoms. The maximum absolute atomic E-state index is 12.2. The van der Waals surface area contributed by atoms with Gasteiger partial charge in [-0.15, -0.1) is 0 Å². The Balaban J connectivity index is 1.99. The van der Waals surface area contributed by atoms with E-state index in [0.717, 1.165) is 4.90 Å². The Hall–Kier alpha value is -2.32. The van der Waals surface area contributed by atoms with Crippen LogP contribution in [0.2, 0.25) is 0 Å². The van der Waals surface area contributed by atoms with Gasteiger partial charge in [0.25, 0.3) is 0 Å². The van der Waals surface area contributed by atoms with Crippen LogP contribution in [0.3, 0.4) is 0 Å². The van der Waals surface area contributed by atoms with Gasteiger partial charge >= 0.3 is 12.0 Å². The Morgan fingerprint density at radius 2 is 2.10 bits per heavy atom. The van der Waals surface area contributed by atoms with E-state index in [1.807, 2.05) is 0 Å². The first-order valence-electron chi connectivity index (χ1n) is 6.69. The molecular weight excluding hydrogens is 280 g/mol. The Morgan fingerprint density at radius 1 is 1.38 bits per heavy atom. The van der Waals surface area contributed by atoms with E-state index in [2.05, 4.69) is 10.6 Å². The van der Waals surface area contributed by atoms with E-state index in [1.54, 1.807) is 7.05 Å². The summed E-state index contributed by atoms with van der Waals surface area (Å²) in [5.41, 5.74) is 0. The number of hydrogen-bond acceptors (Lipinski definition) is 4. The molecule has 116 valence electrons. The summed E-state index contributed by atoms with van der Waals surface area (Å²) in [6, 6.07) is -1.91. The lowest BCUT2D eigenvalue weighted by atomic mass is 10.1. The number of nitrogens with zero attached hydrogens (tertiary/aromatic N) is 2. The SMILES string of the molecule is CN1CC(NC(=O)N2CC(=O)NCC2C(=O)O)CCC1=O. The van der Waals surface area contributed by atoms with Crippen LogP contribution in [0.15, 0.2) is 0 Å². The molecule has 3 N–H and O–H groups in total. The number of piperidine rings is 1. The normalized spacial score (nSPS) is 26.3. The van der Waals surface area contributed by atoms with Gasteiger partial charge in [-0.25, -0.2) is 9.59 Å². The van der Waals surface area contributed by atoms with Crippen LogP contribution in [-0.2, 0) is 14.4 Å². The predicted molar refractivity (Wildman–Crippen MR) is 70.3 cm³/mol. The molecule has 4 amide bonds. The van der Waals surface area contributed by atoms with Crippen molar-refractivity contribution >= 4 is 23.8 Å². The van der Waals surface area contributed by atoms with Crippen LogP contribution in [-0.4, -0.2) is 77.5 Å². The maximum atomic E-state index is 12.2. The van der Waals surface area contributed by atoms with Crippen molar-refractivity contribution in [2.24, 2.45) is 0 Å². The summed E-state index contributed by atoms with van der Waals surface area (Å²) in [4.78, 5) is 48.6. The fourth-order valence-electron chi connectivity index (χ4n) is 2.46. The number of likely N-dealkylation sites (tertiary alicyclic amines) is 1. The van der Waals surface area contributed by atoms with Crippen LogP contribution in [0.5, 0.6) is 0 Å². The molecule has 0 aromatic carbocycles. The molecule has 0 radical (unpaired) electrons. The Kier molecular flexibility index (Phi) is 4.29. The monoisotopic (exact) mass is 298 g/mol. The first kappa shape index (κ1) is 15.1. The number of aliphatic carboxylic acids is 1. The van der Waals surface area contributed by atoms with E-state index in [4.69, 9.17) is 5.11 Å². The number of rotatable bonds is 2. The third kappa shape index (κ3) is 3.41. The van der Waals surface area contributed by atoms with Crippen molar-refractivity contribution in [1.29, 1.82) is 0 Å². The van der Waals surface area contributed by atoms with Gasteiger partial charge in [-0.3, -0.25) is 14.5 Å². The van der Waals surface area contributed by atoms with Crippen molar-refractivity contribution in [2.75, 3.05) is 26.7 Å². The highest BCUT2D eigenvalue weighted by atomic mass is 16.4. The summed E-state index contributed by atoms with van der Waals surface area (Å²) in [5, 5.41) is 14.2. The van der Waals surface area contributed by atoms with Crippen molar-refractivity contribution < 1.29 is 24.3 Å². The molecular formula is C12H18N4O5. The molecule has 2 unspecified atom stereocenters. The van der Waals surface area contributed by atoms with Crippen LogP contribution >= 0.6 is 0 Å². The number of amides is 4. The number of nitrogens with one attached hydrogen (secondary N) is 2. The van der Waals surface area contributed by atoms with Gasteiger partial charge in [0.05, 0.1) is 0 Å². The van der Waals surface area contributed by atoms with E-state index in [-0.39, 0.29) is 25.0 Å². The molecule has 0 saturated carbocycles. The highest BCUT2D eigenvalue weighted by molar-refractivity contribution is 5.90. The minimum atomic E-state index is -1.17. The van der Waals surface area contributed by atoms with E-state index in [1.165, 1.54) is 4.90 Å². The van der Waals surface area contributed by atoms with E-state index >= 15 is 0 Å². The smallest absolute Gasteiger partial charge is 0.328 e. The highest BCUT2D eigenvalue weighted by Crippen LogP contribution is 2.11. The van der Waals surface area contributed by atoms with Crippen LogP contribution < -0.4 is 10.6 Å². The van der Waals surface area contributed by atoms with Crippen molar-refractivity contribution in [2.45, 2.75) is 24.9 Å². The fraction of sp³-hybridized carbons (Fsp3) is 0.667. The summed E-state index contributed by atoms with van der Waals surface area (Å²) < 4.78 is 0. The second kappa shape index (κ2) is 5.98. The summed E-state index contributed by atoms with van der Waals surface area (Å²) in [6.45, 7) is -0.0166. The van der Waals surface area contributed by atoms with Gasteiger partial charge in [-0.1, -0.05) is 0 Å². The van der Waals surface area contributed by atoms with Crippen LogP contribution in [0, 0.1) is 0 Å². The quantitative estimate of drug-likeness (QED) is 0.556. The van der Waals surface area contributed by atoms with Crippen molar-refractivity contribution in [1.82, 2.24) is 20.4 Å². The molecule has 2 aliphatic heterocycles. The summed E-state index contributed by atoms with van der Waals surface area (Å²) in [6.07, 6.45) is 0.844. The second-order valence-electron chi connectivity index (χ2n) is 5.25. The predicted octanol–water partition coefficient (Wildman–Crippen LogP) is -1.80. The number of hydrogen-bond donors (Lipinski definition) is 3. The number of likely N-dealkylation sites (N-methyl/N-ethyl adjacent to an activating group) is 1. The van der Waals surface area contributed by atoms with Crippen LogP contribution in [0.25, 0.3) is 0 Å². The number of urea groups is 1. The third-order valence-electron chi connectivity index (χ3n) is 3.68. The average Bonchev–Trinajstić information content (AvgIpc) is 2.42. The summed E-state index contributed by atoms with van der Waals surface area (Å²) in [7, 11) is 1.65. The molecule has 2 aliphatic rings. The number of carbonyl (C=O) groups excluding carboxylic acids is 3. The Bertz CT molecular complexity index is 480. The lowest BCUT2D eigenvalue weighted by Gasteiger charge is -2.36. The lowest BCUT2D eigenvalue weighted by Crippen LogP contribution is -2.63. The number of carboxylic acid groups (broad SMARTS) is 1. The zero-order valence-electron chi connectivity index (χ0n) is 11.7. The molecule has 2 atom stereocenters. The zero-order valence-corrected chi connectivity index (χ0v) is 11.7. The molecule has 2 fully saturated rings. The molecule has 0 spiro atoms. The van der Waals surface area contributed by atoms with E-state index in [0.29, 0.717) is 19.4 Å². The molecule has 0 aliphatic carbocycles. The van der Waals surface area contributed by atoms with Crippen molar-refractivity contribution in [3.05, 3.63) is 0 Å². The van der Waals surface area contributed by atoms with E-state index in [9.17, 15) is 19.2 Å². The molecule has 2 heterocycles. The second-order valence-corrected chi connectivity index (χ2v) is 5.25. The highest BCUT2D eigenvalue weighted by Gasteiger charge is 2.36.